The van der Waals surface area contributed by atoms with Crippen LogP contribution in [0.15, 0.2) is 217 Å². The molecule has 0 N–H and O–H groups in total. The first kappa shape index (κ1) is 32.7. The molecule has 0 atom stereocenters. The topological polar surface area (TPSA) is 34.2 Å². The largest absolute Gasteiger partial charge is 0.436 e. The summed E-state index contributed by atoms with van der Waals surface area (Å²) in [5.74, 6) is 0.625. The van der Waals surface area contributed by atoms with Gasteiger partial charge in [0.1, 0.15) is 5.52 Å². The van der Waals surface area contributed by atoms with Crippen LogP contribution >= 0.6 is 0 Å². The summed E-state index contributed by atoms with van der Waals surface area (Å²) in [4.78, 5) is 7.32. The molecule has 0 aliphatic rings. The summed E-state index contributed by atoms with van der Waals surface area (Å²) in [7, 11) is 0. The zero-order chi connectivity index (χ0) is 37.7. The molecule has 2 heterocycles. The SMILES string of the molecule is c1ccc(-c2ccc(N(c3ccc(-c4cc5oc(-c6ccccc6)nc5c5ccccc45)cc3)c3ccc4c5ccccc5n(-c5ccccc5)c4c3)cc2)cc1. The molecule has 0 saturated carbocycles. The van der Waals surface area contributed by atoms with Crippen molar-refractivity contribution in [2.45, 2.75) is 0 Å². The zero-order valence-corrected chi connectivity index (χ0v) is 31.0. The third-order valence-electron chi connectivity index (χ3n) is 11.0. The lowest BCUT2D eigenvalue weighted by molar-refractivity contribution is 0.620. The molecule has 0 radical (unpaired) electrons. The van der Waals surface area contributed by atoms with Gasteiger partial charge in [-0.3, -0.25) is 0 Å². The normalized spacial score (nSPS) is 11.5. The summed E-state index contributed by atoms with van der Waals surface area (Å²) in [5.41, 5.74) is 13.9. The van der Waals surface area contributed by atoms with Crippen molar-refractivity contribution in [1.82, 2.24) is 9.55 Å². The Bertz CT molecular complexity index is 3200. The van der Waals surface area contributed by atoms with Gasteiger partial charge < -0.3 is 13.9 Å². The number of hydrogen-bond acceptors (Lipinski definition) is 3. The van der Waals surface area contributed by atoms with Crippen molar-refractivity contribution in [3.8, 4) is 39.4 Å². The van der Waals surface area contributed by atoms with E-state index in [2.05, 4.69) is 191 Å². The fourth-order valence-corrected chi connectivity index (χ4v) is 8.32. The highest BCUT2D eigenvalue weighted by Crippen LogP contribution is 2.42. The zero-order valence-electron chi connectivity index (χ0n) is 31.0. The monoisotopic (exact) mass is 729 g/mol. The Kier molecular flexibility index (Phi) is 7.78. The van der Waals surface area contributed by atoms with Crippen LogP contribution in [-0.4, -0.2) is 9.55 Å². The Morgan fingerprint density at radius 2 is 0.912 bits per heavy atom. The Morgan fingerprint density at radius 3 is 1.61 bits per heavy atom. The maximum Gasteiger partial charge on any atom is 0.227 e. The molecule has 0 saturated heterocycles. The van der Waals surface area contributed by atoms with Crippen LogP contribution in [0.3, 0.4) is 0 Å². The molecular formula is C53H35N3O. The second-order valence-electron chi connectivity index (χ2n) is 14.4. The molecule has 4 nitrogen and oxygen atoms in total. The Balaban J connectivity index is 1.06. The molecule has 2 aromatic heterocycles. The number of oxazole rings is 1. The van der Waals surface area contributed by atoms with Gasteiger partial charge in [-0.2, -0.15) is 0 Å². The first-order valence-electron chi connectivity index (χ1n) is 19.3. The van der Waals surface area contributed by atoms with E-state index in [1.54, 1.807) is 0 Å². The molecule has 9 aromatic carbocycles. The molecule has 0 aliphatic heterocycles. The van der Waals surface area contributed by atoms with Gasteiger partial charge in [-0.05, 0) is 100 Å². The Labute approximate surface area is 330 Å². The van der Waals surface area contributed by atoms with E-state index in [1.165, 1.54) is 27.4 Å². The smallest absolute Gasteiger partial charge is 0.227 e. The molecule has 57 heavy (non-hydrogen) atoms. The second-order valence-corrected chi connectivity index (χ2v) is 14.4. The average Bonchev–Trinajstić information content (AvgIpc) is 3.87. The number of benzene rings is 9. The highest BCUT2D eigenvalue weighted by Gasteiger charge is 2.19. The van der Waals surface area contributed by atoms with Crippen LogP contribution in [0.4, 0.5) is 17.1 Å². The summed E-state index contributed by atoms with van der Waals surface area (Å²) in [6.07, 6.45) is 0. The van der Waals surface area contributed by atoms with Gasteiger partial charge in [-0.25, -0.2) is 4.98 Å². The third-order valence-corrected chi connectivity index (χ3v) is 11.0. The molecule has 0 fully saturated rings. The molecule has 0 spiro atoms. The molecule has 268 valence electrons. The van der Waals surface area contributed by atoms with Crippen LogP contribution in [0.1, 0.15) is 0 Å². The van der Waals surface area contributed by atoms with Crippen LogP contribution in [0.25, 0.3) is 83.1 Å². The summed E-state index contributed by atoms with van der Waals surface area (Å²) in [5, 5.41) is 4.66. The summed E-state index contributed by atoms with van der Waals surface area (Å²) in [6.45, 7) is 0. The predicted molar refractivity (Wildman–Crippen MR) is 237 cm³/mol. The number of aromatic nitrogens is 2. The van der Waals surface area contributed by atoms with E-state index in [0.717, 1.165) is 66.8 Å². The number of anilines is 3. The van der Waals surface area contributed by atoms with E-state index in [9.17, 15) is 0 Å². The van der Waals surface area contributed by atoms with Crippen LogP contribution in [0, 0.1) is 0 Å². The lowest BCUT2D eigenvalue weighted by Gasteiger charge is -2.26. The molecule has 4 heteroatoms. The lowest BCUT2D eigenvalue weighted by atomic mass is 9.97. The van der Waals surface area contributed by atoms with Gasteiger partial charge in [0.25, 0.3) is 0 Å². The third kappa shape index (κ3) is 5.66. The Hall–Kier alpha value is -7.69. The summed E-state index contributed by atoms with van der Waals surface area (Å²) in [6, 6.07) is 75.2. The van der Waals surface area contributed by atoms with Gasteiger partial charge in [0.15, 0.2) is 5.58 Å². The van der Waals surface area contributed by atoms with Crippen molar-refractivity contribution >= 4 is 60.7 Å². The van der Waals surface area contributed by atoms with Crippen molar-refractivity contribution in [1.29, 1.82) is 0 Å². The fourth-order valence-electron chi connectivity index (χ4n) is 8.32. The quantitative estimate of drug-likeness (QED) is 0.164. The summed E-state index contributed by atoms with van der Waals surface area (Å²) >= 11 is 0. The molecule has 0 unspecified atom stereocenters. The molecular weight excluding hydrogens is 695 g/mol. The molecule has 0 bridgehead atoms. The van der Waals surface area contributed by atoms with Gasteiger partial charge in [-0.15, -0.1) is 0 Å². The minimum atomic E-state index is 0.625. The van der Waals surface area contributed by atoms with Gasteiger partial charge in [0, 0.05) is 44.5 Å². The minimum Gasteiger partial charge on any atom is -0.436 e. The van der Waals surface area contributed by atoms with Crippen LogP contribution < -0.4 is 4.90 Å². The molecule has 11 aromatic rings. The molecule has 0 amide bonds. The highest BCUT2D eigenvalue weighted by atomic mass is 16.3. The number of fused-ring (bicyclic) bond motifs is 6. The average molecular weight is 730 g/mol. The van der Waals surface area contributed by atoms with Crippen molar-refractivity contribution < 1.29 is 4.42 Å². The Morgan fingerprint density at radius 1 is 0.386 bits per heavy atom. The van der Waals surface area contributed by atoms with Crippen LogP contribution in [0.5, 0.6) is 0 Å². The van der Waals surface area contributed by atoms with E-state index in [4.69, 9.17) is 9.40 Å². The first-order chi connectivity index (χ1) is 28.3. The standard InChI is InChI=1S/C53H35N3O/c1-4-14-36(15-5-1)37-24-28-41(29-25-37)55(43-32-33-46-45-21-12-13-23-49(45)56(50(46)34-43)40-18-8-3-9-19-40)42-30-26-38(27-31-42)48-35-51-52(47-22-11-10-20-44(47)48)54-53(57-51)39-16-6-2-7-17-39/h1-35H. The van der Waals surface area contributed by atoms with E-state index < -0.39 is 0 Å². The van der Waals surface area contributed by atoms with Crippen molar-refractivity contribution in [2.75, 3.05) is 4.90 Å². The van der Waals surface area contributed by atoms with E-state index in [0.29, 0.717) is 5.89 Å². The lowest BCUT2D eigenvalue weighted by Crippen LogP contribution is -2.10. The first-order valence-corrected chi connectivity index (χ1v) is 19.3. The van der Waals surface area contributed by atoms with Crippen molar-refractivity contribution in [2.24, 2.45) is 0 Å². The second kappa shape index (κ2) is 13.6. The van der Waals surface area contributed by atoms with E-state index in [1.807, 2.05) is 30.3 Å². The molecule has 0 aliphatic carbocycles. The minimum absolute atomic E-state index is 0.625. The number of nitrogens with zero attached hydrogens (tertiary/aromatic N) is 3. The fraction of sp³-hybridized carbons (Fsp3) is 0. The van der Waals surface area contributed by atoms with Crippen LogP contribution in [0.2, 0.25) is 0 Å². The van der Waals surface area contributed by atoms with Gasteiger partial charge in [-0.1, -0.05) is 140 Å². The van der Waals surface area contributed by atoms with Gasteiger partial charge >= 0.3 is 0 Å². The van der Waals surface area contributed by atoms with Crippen molar-refractivity contribution in [3.05, 3.63) is 212 Å². The number of hydrogen-bond donors (Lipinski definition) is 0. The summed E-state index contributed by atoms with van der Waals surface area (Å²) < 4.78 is 8.80. The van der Waals surface area contributed by atoms with E-state index in [-0.39, 0.29) is 0 Å². The van der Waals surface area contributed by atoms with Crippen molar-refractivity contribution in [3.63, 3.8) is 0 Å². The number of rotatable bonds is 7. The number of para-hydroxylation sites is 2. The maximum atomic E-state index is 6.42. The highest BCUT2D eigenvalue weighted by molar-refractivity contribution is 6.12. The van der Waals surface area contributed by atoms with Gasteiger partial charge in [0.2, 0.25) is 5.89 Å². The van der Waals surface area contributed by atoms with E-state index >= 15 is 0 Å². The predicted octanol–water partition coefficient (Wildman–Crippen LogP) is 14.5. The molecule has 11 rings (SSSR count). The van der Waals surface area contributed by atoms with Crippen LogP contribution in [-0.2, 0) is 0 Å². The van der Waals surface area contributed by atoms with Gasteiger partial charge in [0.05, 0.1) is 11.0 Å². The maximum absolute atomic E-state index is 6.42.